The van der Waals surface area contributed by atoms with Crippen LogP contribution in [0.1, 0.15) is 18.1 Å². The van der Waals surface area contributed by atoms with E-state index in [1.165, 1.54) is 18.3 Å². The fourth-order valence-electron chi connectivity index (χ4n) is 3.50. The van der Waals surface area contributed by atoms with E-state index >= 15 is 0 Å². The van der Waals surface area contributed by atoms with E-state index in [0.29, 0.717) is 24.0 Å². The molecule has 0 amide bonds. The molecule has 0 aliphatic heterocycles. The molecule has 0 saturated carbocycles. The van der Waals surface area contributed by atoms with Gasteiger partial charge in [-0.25, -0.2) is 9.78 Å². The number of carbonyl (C=O) groups excluding carboxylic acids is 1. The molecule has 3 aromatic carbocycles. The van der Waals surface area contributed by atoms with E-state index in [0.717, 1.165) is 16.8 Å². The van der Waals surface area contributed by atoms with E-state index in [1.54, 1.807) is 43.3 Å². The fourth-order valence-corrected chi connectivity index (χ4v) is 5.63. The first-order valence-electron chi connectivity index (χ1n) is 11.1. The van der Waals surface area contributed by atoms with Crippen molar-refractivity contribution >= 4 is 68.3 Å². The first kappa shape index (κ1) is 28.0. The first-order chi connectivity index (χ1) is 18.1. The molecule has 0 aliphatic carbocycles. The summed E-state index contributed by atoms with van der Waals surface area (Å²) in [7, 11) is 0. The number of alkyl halides is 3. The highest BCUT2D eigenvalue weighted by atomic mass is 127. The number of esters is 1. The number of ether oxygens (including phenoxy) is 2. The van der Waals surface area contributed by atoms with Crippen molar-refractivity contribution in [2.75, 3.05) is 13.2 Å². The Bertz CT molecular complexity index is 1580. The van der Waals surface area contributed by atoms with Gasteiger partial charge in [-0.1, -0.05) is 24.3 Å². The quantitative estimate of drug-likeness (QED) is 0.130. The number of benzene rings is 3. The molecule has 0 radical (unpaired) electrons. The monoisotopic (exact) mass is 747 g/mol. The highest BCUT2D eigenvalue weighted by molar-refractivity contribution is 14.1. The van der Waals surface area contributed by atoms with Crippen molar-refractivity contribution in [1.82, 2.24) is 9.66 Å². The third kappa shape index (κ3) is 6.34. The zero-order valence-corrected chi connectivity index (χ0v) is 23.9. The van der Waals surface area contributed by atoms with Crippen molar-refractivity contribution in [3.05, 3.63) is 89.3 Å². The van der Waals surface area contributed by atoms with Gasteiger partial charge in [0.05, 0.1) is 36.4 Å². The Kier molecular flexibility index (Phi) is 8.70. The number of aromatic nitrogens is 2. The van der Waals surface area contributed by atoms with Gasteiger partial charge in [0.25, 0.3) is 5.56 Å². The van der Waals surface area contributed by atoms with Gasteiger partial charge in [-0.2, -0.15) is 22.9 Å². The number of carbonyl (C=O) groups is 1. The summed E-state index contributed by atoms with van der Waals surface area (Å²) in [4.78, 5) is 29.4. The zero-order valence-electron chi connectivity index (χ0n) is 19.6. The average Bonchev–Trinajstić information content (AvgIpc) is 2.87. The van der Waals surface area contributed by atoms with Crippen LogP contribution in [0.25, 0.3) is 22.3 Å². The number of fused-ring (bicyclic) bond motifs is 1. The zero-order chi connectivity index (χ0) is 27.4. The molecule has 4 aromatic rings. The molecule has 38 heavy (non-hydrogen) atoms. The average molecular weight is 747 g/mol. The van der Waals surface area contributed by atoms with Crippen LogP contribution in [0.3, 0.4) is 0 Å². The predicted octanol–water partition coefficient (Wildman–Crippen LogP) is 6.12. The Hall–Kier alpha value is -3.01. The second kappa shape index (κ2) is 11.8. The Morgan fingerprint density at radius 3 is 2.47 bits per heavy atom. The fraction of sp³-hybridized carbons (Fsp3) is 0.154. The van der Waals surface area contributed by atoms with E-state index in [4.69, 9.17) is 9.47 Å². The highest BCUT2D eigenvalue weighted by Gasteiger charge is 2.31. The van der Waals surface area contributed by atoms with Gasteiger partial charge in [0.15, 0.2) is 12.4 Å². The number of hydrogen-bond acceptors (Lipinski definition) is 6. The van der Waals surface area contributed by atoms with E-state index < -0.39 is 23.3 Å². The maximum atomic E-state index is 13.4. The number of halogens is 5. The molecular weight excluding hydrogens is 729 g/mol. The molecule has 0 atom stereocenters. The third-order valence-corrected chi connectivity index (χ3v) is 6.79. The van der Waals surface area contributed by atoms with E-state index in [1.807, 2.05) is 45.2 Å². The number of para-hydroxylation sites is 1. The molecule has 0 unspecified atom stereocenters. The minimum absolute atomic E-state index is 0.0326. The molecule has 0 N–H and O–H groups in total. The van der Waals surface area contributed by atoms with Crippen molar-refractivity contribution < 1.29 is 27.4 Å². The lowest BCUT2D eigenvalue weighted by molar-refractivity contribution is -0.145. The lowest BCUT2D eigenvalue weighted by Gasteiger charge is -2.12. The van der Waals surface area contributed by atoms with Crippen LogP contribution in [0.5, 0.6) is 5.75 Å². The van der Waals surface area contributed by atoms with Crippen LogP contribution in [0.15, 0.2) is 70.6 Å². The summed E-state index contributed by atoms with van der Waals surface area (Å²) in [6, 6.07) is 14.6. The molecule has 12 heteroatoms. The van der Waals surface area contributed by atoms with Crippen molar-refractivity contribution in [3.8, 4) is 17.1 Å². The maximum Gasteiger partial charge on any atom is 0.416 e. The first-order valence-corrected chi connectivity index (χ1v) is 13.3. The second-order valence-electron chi connectivity index (χ2n) is 7.80. The van der Waals surface area contributed by atoms with Gasteiger partial charge < -0.3 is 9.47 Å². The normalized spacial score (nSPS) is 11.7. The van der Waals surface area contributed by atoms with Crippen LogP contribution in [0.2, 0.25) is 0 Å². The van der Waals surface area contributed by atoms with Gasteiger partial charge >= 0.3 is 12.1 Å². The summed E-state index contributed by atoms with van der Waals surface area (Å²) in [5, 5.41) is 4.59. The topological polar surface area (TPSA) is 82.8 Å². The SMILES string of the molecule is CCOC(=O)COc1c(I)cc(C=Nn2c(-c3cccc(C(F)(F)F)c3)nc3ccccc3c2=O)cc1I. The molecule has 7 nitrogen and oxygen atoms in total. The molecule has 0 aliphatic rings. The van der Waals surface area contributed by atoms with Gasteiger partial charge in [-0.05, 0) is 94.1 Å². The molecule has 0 spiro atoms. The Labute approximate surface area is 242 Å². The predicted molar refractivity (Wildman–Crippen MR) is 153 cm³/mol. The molecule has 0 saturated heterocycles. The van der Waals surface area contributed by atoms with Gasteiger partial charge in [0, 0.05) is 5.56 Å². The lowest BCUT2D eigenvalue weighted by atomic mass is 10.1. The van der Waals surface area contributed by atoms with Gasteiger partial charge in [0.1, 0.15) is 5.75 Å². The van der Waals surface area contributed by atoms with Gasteiger partial charge in [0.2, 0.25) is 0 Å². The minimum Gasteiger partial charge on any atom is -0.480 e. The molecular formula is C26H18F3I2N3O4. The molecule has 4 rings (SSSR count). The number of rotatable bonds is 7. The molecule has 1 aromatic heterocycles. The number of nitrogens with zero attached hydrogens (tertiary/aromatic N) is 3. The van der Waals surface area contributed by atoms with Crippen LogP contribution in [-0.2, 0) is 15.7 Å². The van der Waals surface area contributed by atoms with Crippen LogP contribution < -0.4 is 10.3 Å². The summed E-state index contributed by atoms with van der Waals surface area (Å²) >= 11 is 4.10. The van der Waals surface area contributed by atoms with Crippen LogP contribution >= 0.6 is 45.2 Å². The van der Waals surface area contributed by atoms with Crippen LogP contribution in [-0.4, -0.2) is 35.1 Å². The van der Waals surface area contributed by atoms with Crippen LogP contribution in [0, 0.1) is 7.14 Å². The summed E-state index contributed by atoms with van der Waals surface area (Å²) in [6.45, 7) is 1.71. The Morgan fingerprint density at radius 2 is 1.79 bits per heavy atom. The molecule has 0 fully saturated rings. The van der Waals surface area contributed by atoms with Crippen molar-refractivity contribution in [2.24, 2.45) is 5.10 Å². The highest BCUT2D eigenvalue weighted by Crippen LogP contribution is 2.32. The van der Waals surface area contributed by atoms with Crippen molar-refractivity contribution in [3.63, 3.8) is 0 Å². The molecule has 1 heterocycles. The van der Waals surface area contributed by atoms with Crippen molar-refractivity contribution in [1.29, 1.82) is 0 Å². The van der Waals surface area contributed by atoms with E-state index in [9.17, 15) is 22.8 Å². The molecule has 0 bridgehead atoms. The summed E-state index contributed by atoms with van der Waals surface area (Å²) < 4.78 is 53.0. The molecule has 196 valence electrons. The summed E-state index contributed by atoms with van der Waals surface area (Å²) in [5.74, 6) is -0.0320. The van der Waals surface area contributed by atoms with Gasteiger partial charge in [-0.15, -0.1) is 0 Å². The number of hydrogen-bond donors (Lipinski definition) is 0. The maximum absolute atomic E-state index is 13.4. The summed E-state index contributed by atoms with van der Waals surface area (Å²) in [6.07, 6.45) is -3.15. The smallest absolute Gasteiger partial charge is 0.416 e. The third-order valence-electron chi connectivity index (χ3n) is 5.18. The van der Waals surface area contributed by atoms with E-state index in [-0.39, 0.29) is 30.0 Å². The second-order valence-corrected chi connectivity index (χ2v) is 10.1. The largest absolute Gasteiger partial charge is 0.480 e. The van der Waals surface area contributed by atoms with Crippen LogP contribution in [0.4, 0.5) is 13.2 Å². The Balaban J connectivity index is 1.77. The minimum atomic E-state index is -4.56. The van der Waals surface area contributed by atoms with E-state index in [2.05, 4.69) is 10.1 Å². The standard InChI is InChI=1S/C26H18F3I2N3O4/c1-2-37-22(35)14-38-23-19(30)10-15(11-20(23)31)13-32-34-24(16-6-5-7-17(12-16)26(27,28)29)33-21-9-4-3-8-18(21)25(34)36/h3-13H,2,14H2,1H3. The Morgan fingerprint density at radius 1 is 1.08 bits per heavy atom. The van der Waals surface area contributed by atoms with Crippen molar-refractivity contribution in [2.45, 2.75) is 13.1 Å². The summed E-state index contributed by atoms with van der Waals surface area (Å²) in [5.41, 5.74) is -0.374. The lowest BCUT2D eigenvalue weighted by Crippen LogP contribution is -2.20. The van der Waals surface area contributed by atoms with Gasteiger partial charge in [-0.3, -0.25) is 4.79 Å².